The number of ether oxygens (including phenoxy) is 1. The van der Waals surface area contributed by atoms with Gasteiger partial charge in [0, 0.05) is 22.5 Å². The molecule has 3 aliphatic carbocycles. The molecule has 6 nitrogen and oxygen atoms in total. The fourth-order valence-electron chi connectivity index (χ4n) is 5.28. The third-order valence-electron chi connectivity index (χ3n) is 7.19. The van der Waals surface area contributed by atoms with Crippen molar-refractivity contribution in [2.24, 2.45) is 17.3 Å². The molecule has 3 atom stereocenters. The molecule has 2 bridgehead atoms. The minimum absolute atomic E-state index is 0.0733. The normalized spacial score (nSPS) is 28.2. The van der Waals surface area contributed by atoms with E-state index in [-0.39, 0.29) is 36.0 Å². The summed E-state index contributed by atoms with van der Waals surface area (Å²) in [6, 6.07) is 5.28. The van der Waals surface area contributed by atoms with Crippen molar-refractivity contribution in [3.8, 4) is 0 Å². The van der Waals surface area contributed by atoms with Crippen LogP contribution in [0, 0.1) is 17.3 Å². The topological polar surface area (TPSA) is 87.7 Å². The number of carbonyl (C=O) groups is 2. The Kier molecular flexibility index (Phi) is 6.48. The summed E-state index contributed by atoms with van der Waals surface area (Å²) in [5.41, 5.74) is -0.771. The second-order valence-electron chi connectivity index (χ2n) is 9.17. The number of nitrogens with one attached hydrogen (secondary N) is 2. The van der Waals surface area contributed by atoms with Crippen LogP contribution in [-0.4, -0.2) is 36.4 Å². The minimum atomic E-state index is -0.831. The number of halogens is 2. The molecule has 0 heterocycles. The standard InChI is InChI=1S/C22H30BrClN2O4/c1-5-13(2)15(9-27)20(3,14-6-7-16(23)17(24)8-14)25-19(29)26-22-10-21(11-22,12-22)18(28)30-4/h6-8,13,15,27H,5,9-12H2,1-4H3,(H2,25,26,29). The summed E-state index contributed by atoms with van der Waals surface area (Å²) in [6.07, 6.45) is 2.68. The van der Waals surface area contributed by atoms with E-state index in [2.05, 4.69) is 40.4 Å². The SMILES string of the molecule is CCC(C)C(CO)C(C)(NC(=O)NC12CC(C(=O)OC)(C1)C2)c1ccc(Br)c(Cl)c1. The molecule has 1 aromatic carbocycles. The molecule has 2 amide bonds. The number of hydrogen-bond acceptors (Lipinski definition) is 4. The van der Waals surface area contributed by atoms with Gasteiger partial charge in [-0.2, -0.15) is 0 Å². The molecular weight excluding hydrogens is 472 g/mol. The highest BCUT2D eigenvalue weighted by molar-refractivity contribution is 9.10. The van der Waals surface area contributed by atoms with E-state index in [4.69, 9.17) is 16.3 Å². The maximum Gasteiger partial charge on any atom is 0.315 e. The maximum absolute atomic E-state index is 13.0. The predicted molar refractivity (Wildman–Crippen MR) is 119 cm³/mol. The Balaban J connectivity index is 1.80. The van der Waals surface area contributed by atoms with Crippen molar-refractivity contribution in [3.63, 3.8) is 0 Å². The van der Waals surface area contributed by atoms with Crippen LogP contribution in [0.25, 0.3) is 0 Å². The molecule has 3 unspecified atom stereocenters. The monoisotopic (exact) mass is 500 g/mol. The molecule has 4 rings (SSSR count). The average molecular weight is 502 g/mol. The van der Waals surface area contributed by atoms with E-state index in [0.717, 1.165) is 16.5 Å². The zero-order chi connectivity index (χ0) is 22.3. The second kappa shape index (κ2) is 8.32. The number of rotatable bonds is 8. The summed E-state index contributed by atoms with van der Waals surface area (Å²) in [4.78, 5) is 24.9. The van der Waals surface area contributed by atoms with Gasteiger partial charge in [-0.3, -0.25) is 4.79 Å². The maximum atomic E-state index is 13.0. The van der Waals surface area contributed by atoms with Crippen LogP contribution in [0.15, 0.2) is 22.7 Å². The number of aliphatic hydroxyl groups is 1. The molecule has 30 heavy (non-hydrogen) atoms. The van der Waals surface area contributed by atoms with E-state index in [1.807, 2.05) is 25.1 Å². The summed E-state index contributed by atoms with van der Waals surface area (Å²) in [5, 5.41) is 17.0. The van der Waals surface area contributed by atoms with Crippen molar-refractivity contribution in [1.82, 2.24) is 10.6 Å². The first kappa shape index (κ1) is 23.4. The zero-order valence-electron chi connectivity index (χ0n) is 17.9. The molecule has 3 fully saturated rings. The van der Waals surface area contributed by atoms with Gasteiger partial charge in [-0.05, 0) is 65.7 Å². The number of benzene rings is 1. The van der Waals surface area contributed by atoms with Crippen molar-refractivity contribution >= 4 is 39.5 Å². The van der Waals surface area contributed by atoms with E-state index >= 15 is 0 Å². The van der Waals surface area contributed by atoms with Crippen LogP contribution in [0.5, 0.6) is 0 Å². The van der Waals surface area contributed by atoms with Crippen LogP contribution in [0.1, 0.15) is 52.0 Å². The molecule has 3 aliphatic rings. The van der Waals surface area contributed by atoms with Gasteiger partial charge in [-0.25, -0.2) is 4.79 Å². The molecule has 1 aromatic rings. The number of carbonyl (C=O) groups excluding carboxylic acids is 2. The number of esters is 1. The molecule has 0 aromatic heterocycles. The molecule has 0 aliphatic heterocycles. The second-order valence-corrected chi connectivity index (χ2v) is 10.4. The lowest BCUT2D eigenvalue weighted by Crippen LogP contribution is -2.78. The number of aliphatic hydroxyl groups excluding tert-OH is 1. The molecule has 0 radical (unpaired) electrons. The van der Waals surface area contributed by atoms with Gasteiger partial charge in [0.1, 0.15) is 0 Å². The molecule has 0 spiro atoms. The lowest BCUT2D eigenvalue weighted by molar-refractivity contribution is -0.199. The van der Waals surface area contributed by atoms with Crippen molar-refractivity contribution in [3.05, 3.63) is 33.3 Å². The van der Waals surface area contributed by atoms with E-state index in [1.165, 1.54) is 7.11 Å². The molecule has 0 saturated heterocycles. The molecule has 8 heteroatoms. The first-order valence-corrected chi connectivity index (χ1v) is 11.5. The van der Waals surface area contributed by atoms with Gasteiger partial charge in [0.2, 0.25) is 0 Å². The quantitative estimate of drug-likeness (QED) is 0.462. The van der Waals surface area contributed by atoms with Crippen LogP contribution >= 0.6 is 27.5 Å². The van der Waals surface area contributed by atoms with Gasteiger partial charge in [-0.15, -0.1) is 0 Å². The largest absolute Gasteiger partial charge is 0.469 e. The van der Waals surface area contributed by atoms with Crippen LogP contribution in [0.2, 0.25) is 5.02 Å². The number of urea groups is 1. The lowest BCUT2D eigenvalue weighted by Gasteiger charge is -2.68. The molecular formula is C22H30BrClN2O4. The molecule has 3 N–H and O–H groups in total. The summed E-state index contributed by atoms with van der Waals surface area (Å²) in [6.45, 7) is 5.99. The fraction of sp³-hybridized carbons (Fsp3) is 0.636. The predicted octanol–water partition coefficient (Wildman–Crippen LogP) is 4.37. The van der Waals surface area contributed by atoms with Gasteiger partial charge in [0.15, 0.2) is 0 Å². The highest BCUT2D eigenvalue weighted by Crippen LogP contribution is 2.67. The summed E-state index contributed by atoms with van der Waals surface area (Å²) in [7, 11) is 1.40. The van der Waals surface area contributed by atoms with Gasteiger partial charge in [-0.1, -0.05) is 37.9 Å². The van der Waals surface area contributed by atoms with Gasteiger partial charge in [0.25, 0.3) is 0 Å². The Morgan fingerprint density at radius 3 is 2.50 bits per heavy atom. The minimum Gasteiger partial charge on any atom is -0.469 e. The van der Waals surface area contributed by atoms with Crippen LogP contribution in [-0.2, 0) is 15.1 Å². The smallest absolute Gasteiger partial charge is 0.315 e. The number of amides is 2. The van der Waals surface area contributed by atoms with Gasteiger partial charge in [0.05, 0.1) is 23.1 Å². The fourth-order valence-corrected chi connectivity index (χ4v) is 5.70. The van der Waals surface area contributed by atoms with Crippen LogP contribution < -0.4 is 10.6 Å². The van der Waals surface area contributed by atoms with E-state index in [0.29, 0.717) is 24.3 Å². The molecule has 3 saturated carbocycles. The third kappa shape index (κ3) is 3.84. The van der Waals surface area contributed by atoms with E-state index < -0.39 is 11.0 Å². The third-order valence-corrected chi connectivity index (χ3v) is 8.42. The zero-order valence-corrected chi connectivity index (χ0v) is 20.2. The van der Waals surface area contributed by atoms with E-state index in [1.54, 1.807) is 0 Å². The van der Waals surface area contributed by atoms with Gasteiger partial charge >= 0.3 is 12.0 Å². The Morgan fingerprint density at radius 2 is 2.00 bits per heavy atom. The Labute approximate surface area is 191 Å². The Hall–Kier alpha value is -1.31. The van der Waals surface area contributed by atoms with Crippen molar-refractivity contribution in [2.75, 3.05) is 13.7 Å². The highest BCUT2D eigenvalue weighted by Gasteiger charge is 2.73. The summed E-state index contributed by atoms with van der Waals surface area (Å²) in [5.74, 6) is -0.238. The summed E-state index contributed by atoms with van der Waals surface area (Å²) >= 11 is 9.75. The molecule has 166 valence electrons. The van der Waals surface area contributed by atoms with Crippen LogP contribution in [0.3, 0.4) is 0 Å². The Morgan fingerprint density at radius 1 is 1.37 bits per heavy atom. The number of methoxy groups -OCH3 is 1. The number of hydrogen-bond donors (Lipinski definition) is 3. The van der Waals surface area contributed by atoms with Crippen molar-refractivity contribution < 1.29 is 19.4 Å². The highest BCUT2D eigenvalue weighted by atomic mass is 79.9. The van der Waals surface area contributed by atoms with Crippen molar-refractivity contribution in [2.45, 2.75) is 57.5 Å². The summed E-state index contributed by atoms with van der Waals surface area (Å²) < 4.78 is 5.65. The first-order chi connectivity index (χ1) is 14.0. The van der Waals surface area contributed by atoms with Crippen molar-refractivity contribution in [1.29, 1.82) is 0 Å². The first-order valence-electron chi connectivity index (χ1n) is 10.3. The Bertz CT molecular complexity index is 829. The average Bonchev–Trinajstić information content (AvgIpc) is 2.65. The van der Waals surface area contributed by atoms with Gasteiger partial charge < -0.3 is 20.5 Å². The van der Waals surface area contributed by atoms with Crippen LogP contribution in [0.4, 0.5) is 4.79 Å². The lowest BCUT2D eigenvalue weighted by atomic mass is 9.39. The van der Waals surface area contributed by atoms with E-state index in [9.17, 15) is 14.7 Å².